The molecule has 2 N–H and O–H groups in total. The molecule has 1 aliphatic carbocycles. The van der Waals surface area contributed by atoms with Gasteiger partial charge in [-0.2, -0.15) is 0 Å². The molecule has 2 nitrogen and oxygen atoms in total. The van der Waals surface area contributed by atoms with E-state index >= 15 is 0 Å². The summed E-state index contributed by atoms with van der Waals surface area (Å²) in [6.45, 7) is 9.35. The van der Waals surface area contributed by atoms with Gasteiger partial charge in [-0.25, -0.2) is 0 Å². The Kier molecular flexibility index (Phi) is 3.60. The van der Waals surface area contributed by atoms with Gasteiger partial charge in [0.1, 0.15) is 0 Å². The summed E-state index contributed by atoms with van der Waals surface area (Å²) in [5, 5.41) is 0. The van der Waals surface area contributed by atoms with E-state index in [2.05, 4.69) is 25.7 Å². The van der Waals surface area contributed by atoms with Crippen LogP contribution in [0.5, 0.6) is 0 Å². The van der Waals surface area contributed by atoms with Gasteiger partial charge < -0.3 is 5.73 Å². The van der Waals surface area contributed by atoms with Gasteiger partial charge in [-0.15, -0.1) is 0 Å². The fraction of sp³-hybridized carbons (Fsp3) is 1.00. The highest BCUT2D eigenvalue weighted by Gasteiger charge is 2.47. The highest BCUT2D eigenvalue weighted by Crippen LogP contribution is 2.43. The van der Waals surface area contributed by atoms with Crippen molar-refractivity contribution in [2.75, 3.05) is 13.1 Å². The van der Waals surface area contributed by atoms with Gasteiger partial charge in [0.05, 0.1) is 0 Å². The molecule has 2 rings (SSSR count). The molecular formula is C14H28N2. The Bertz CT molecular complexity index is 241. The minimum Gasteiger partial charge on any atom is -0.329 e. The van der Waals surface area contributed by atoms with E-state index in [9.17, 15) is 0 Å². The summed E-state index contributed by atoms with van der Waals surface area (Å²) in [7, 11) is 0. The Morgan fingerprint density at radius 2 is 1.94 bits per heavy atom. The predicted octanol–water partition coefficient (Wildman–Crippen LogP) is 2.62. The zero-order chi connectivity index (χ0) is 11.8. The SMILES string of the molecule is CC1CCCC(CN)(N2CCCC2C)C1C. The second-order valence-corrected chi connectivity index (χ2v) is 6.15. The summed E-state index contributed by atoms with van der Waals surface area (Å²) in [6, 6.07) is 0.747. The van der Waals surface area contributed by atoms with Gasteiger partial charge in [-0.3, -0.25) is 4.90 Å². The molecule has 2 aliphatic rings. The van der Waals surface area contributed by atoms with Crippen molar-refractivity contribution in [3.05, 3.63) is 0 Å². The van der Waals surface area contributed by atoms with Crippen molar-refractivity contribution >= 4 is 0 Å². The van der Waals surface area contributed by atoms with Gasteiger partial charge in [-0.05, 0) is 44.6 Å². The third-order valence-electron chi connectivity index (χ3n) is 5.45. The molecule has 0 bridgehead atoms. The second kappa shape index (κ2) is 4.66. The number of nitrogens with two attached hydrogens (primary N) is 1. The van der Waals surface area contributed by atoms with Crippen LogP contribution in [0.3, 0.4) is 0 Å². The van der Waals surface area contributed by atoms with Crippen LogP contribution in [0, 0.1) is 11.8 Å². The molecule has 0 amide bonds. The van der Waals surface area contributed by atoms with Crippen molar-refractivity contribution in [3.63, 3.8) is 0 Å². The molecule has 1 aliphatic heterocycles. The molecule has 16 heavy (non-hydrogen) atoms. The van der Waals surface area contributed by atoms with E-state index in [4.69, 9.17) is 5.73 Å². The summed E-state index contributed by atoms with van der Waals surface area (Å²) in [5.74, 6) is 1.59. The number of rotatable bonds is 2. The average molecular weight is 224 g/mol. The monoisotopic (exact) mass is 224 g/mol. The van der Waals surface area contributed by atoms with Crippen molar-refractivity contribution in [1.82, 2.24) is 4.90 Å². The fourth-order valence-corrected chi connectivity index (χ4v) is 4.14. The largest absolute Gasteiger partial charge is 0.329 e. The third-order valence-corrected chi connectivity index (χ3v) is 5.45. The quantitative estimate of drug-likeness (QED) is 0.781. The van der Waals surface area contributed by atoms with E-state index in [1.54, 1.807) is 0 Å². The maximum atomic E-state index is 6.19. The summed E-state index contributed by atoms with van der Waals surface area (Å²) in [4.78, 5) is 2.74. The van der Waals surface area contributed by atoms with E-state index in [0.717, 1.165) is 24.4 Å². The molecule has 0 radical (unpaired) electrons. The summed E-state index contributed by atoms with van der Waals surface area (Å²) < 4.78 is 0. The third kappa shape index (κ3) is 1.80. The van der Waals surface area contributed by atoms with Crippen LogP contribution in [0.15, 0.2) is 0 Å². The molecule has 4 atom stereocenters. The molecular weight excluding hydrogens is 196 g/mol. The molecule has 1 saturated heterocycles. The minimum absolute atomic E-state index is 0.313. The highest BCUT2D eigenvalue weighted by molar-refractivity contribution is 5.03. The fourth-order valence-electron chi connectivity index (χ4n) is 4.14. The van der Waals surface area contributed by atoms with Gasteiger partial charge in [0.15, 0.2) is 0 Å². The van der Waals surface area contributed by atoms with E-state index in [0.29, 0.717) is 5.54 Å². The first kappa shape index (κ1) is 12.4. The van der Waals surface area contributed by atoms with Crippen LogP contribution in [0.25, 0.3) is 0 Å². The lowest BCUT2D eigenvalue weighted by Crippen LogP contribution is -2.61. The Morgan fingerprint density at radius 3 is 2.50 bits per heavy atom. The van der Waals surface area contributed by atoms with E-state index in [1.807, 2.05) is 0 Å². The van der Waals surface area contributed by atoms with Crippen LogP contribution in [0.1, 0.15) is 52.9 Å². The first-order valence-corrected chi connectivity index (χ1v) is 7.08. The van der Waals surface area contributed by atoms with Gasteiger partial charge in [0, 0.05) is 18.1 Å². The lowest BCUT2D eigenvalue weighted by Gasteiger charge is -2.52. The maximum Gasteiger partial charge on any atom is 0.0362 e. The Balaban J connectivity index is 2.22. The molecule has 94 valence electrons. The lowest BCUT2D eigenvalue weighted by molar-refractivity contribution is -0.0152. The minimum atomic E-state index is 0.313. The topological polar surface area (TPSA) is 29.3 Å². The van der Waals surface area contributed by atoms with Gasteiger partial charge >= 0.3 is 0 Å². The molecule has 0 aromatic heterocycles. The molecule has 0 aromatic rings. The molecule has 1 saturated carbocycles. The summed E-state index contributed by atoms with van der Waals surface area (Å²) >= 11 is 0. The van der Waals surface area contributed by atoms with E-state index < -0.39 is 0 Å². The van der Waals surface area contributed by atoms with Gasteiger partial charge in [-0.1, -0.05) is 26.7 Å². The molecule has 4 unspecified atom stereocenters. The van der Waals surface area contributed by atoms with Crippen molar-refractivity contribution in [1.29, 1.82) is 0 Å². The zero-order valence-corrected chi connectivity index (χ0v) is 11.2. The molecule has 0 spiro atoms. The second-order valence-electron chi connectivity index (χ2n) is 6.15. The smallest absolute Gasteiger partial charge is 0.0362 e. The first-order chi connectivity index (χ1) is 7.62. The van der Waals surface area contributed by atoms with Crippen LogP contribution in [0.4, 0.5) is 0 Å². The molecule has 2 heteroatoms. The standard InChI is InChI=1S/C14H28N2/c1-11-6-4-8-14(10-15,13(11)3)16-9-5-7-12(16)2/h11-13H,4-10,15H2,1-3H3. The maximum absolute atomic E-state index is 6.19. The van der Waals surface area contributed by atoms with Crippen LogP contribution >= 0.6 is 0 Å². The Hall–Kier alpha value is -0.0800. The number of hydrogen-bond donors (Lipinski definition) is 1. The lowest BCUT2D eigenvalue weighted by atomic mass is 9.67. The van der Waals surface area contributed by atoms with Crippen LogP contribution in [-0.2, 0) is 0 Å². The number of nitrogens with zero attached hydrogens (tertiary/aromatic N) is 1. The van der Waals surface area contributed by atoms with Crippen LogP contribution in [0.2, 0.25) is 0 Å². The molecule has 1 heterocycles. The number of likely N-dealkylation sites (tertiary alicyclic amines) is 1. The first-order valence-electron chi connectivity index (χ1n) is 7.08. The molecule has 0 aromatic carbocycles. The van der Waals surface area contributed by atoms with Crippen molar-refractivity contribution in [2.24, 2.45) is 17.6 Å². The Morgan fingerprint density at radius 1 is 1.19 bits per heavy atom. The highest BCUT2D eigenvalue weighted by atomic mass is 15.3. The van der Waals surface area contributed by atoms with Crippen LogP contribution in [-0.4, -0.2) is 29.6 Å². The average Bonchev–Trinajstić information content (AvgIpc) is 2.70. The van der Waals surface area contributed by atoms with E-state index in [-0.39, 0.29) is 0 Å². The summed E-state index contributed by atoms with van der Waals surface area (Å²) in [6.07, 6.45) is 6.81. The van der Waals surface area contributed by atoms with Crippen molar-refractivity contribution in [2.45, 2.75) is 64.5 Å². The predicted molar refractivity (Wildman–Crippen MR) is 69.4 cm³/mol. The Labute approximate surface area is 101 Å². The van der Waals surface area contributed by atoms with Gasteiger partial charge in [0.2, 0.25) is 0 Å². The zero-order valence-electron chi connectivity index (χ0n) is 11.2. The van der Waals surface area contributed by atoms with Gasteiger partial charge in [0.25, 0.3) is 0 Å². The van der Waals surface area contributed by atoms with E-state index in [1.165, 1.54) is 38.6 Å². The van der Waals surface area contributed by atoms with Crippen LogP contribution < -0.4 is 5.73 Å². The van der Waals surface area contributed by atoms with Crippen molar-refractivity contribution < 1.29 is 0 Å². The normalized spacial score (nSPS) is 46.1. The van der Waals surface area contributed by atoms with Crippen molar-refractivity contribution in [3.8, 4) is 0 Å². The number of hydrogen-bond acceptors (Lipinski definition) is 2. The summed E-state index contributed by atoms with van der Waals surface area (Å²) in [5.41, 5.74) is 6.50. The molecule has 2 fully saturated rings.